The lowest BCUT2D eigenvalue weighted by Gasteiger charge is -2.26. The Bertz CT molecular complexity index is 1300. The Labute approximate surface area is 195 Å². The van der Waals surface area contributed by atoms with Crippen molar-refractivity contribution in [3.63, 3.8) is 0 Å². The number of methoxy groups -OCH3 is 1. The van der Waals surface area contributed by atoms with E-state index >= 15 is 0 Å². The lowest BCUT2D eigenvalue weighted by molar-refractivity contribution is -0.122. The Morgan fingerprint density at radius 2 is 2.12 bits per heavy atom. The van der Waals surface area contributed by atoms with E-state index < -0.39 is 34.7 Å². The molecule has 2 aliphatic rings. The van der Waals surface area contributed by atoms with Crippen LogP contribution in [0.3, 0.4) is 0 Å². The van der Waals surface area contributed by atoms with Crippen LogP contribution < -0.4 is 20.1 Å². The molecule has 2 unspecified atom stereocenters. The number of benzene rings is 1. The standard InChI is InChI=1S/C21H17N5O7S/c1-33-14-4-3-13-10-26(18(28)15(13)8-14)11-21(19(29)23-20(30)24-21)7-6-12-2-5-16(22-9-12)17(27)25-34(31)32/h2-5,8-9H,10-11H2,1H3,(H,25,27)(H,31,32)(H2,23,24,29,30)/p-1. The van der Waals surface area contributed by atoms with Crippen LogP contribution in [0.25, 0.3) is 0 Å². The number of fused-ring (bicyclic) bond motifs is 1. The Kier molecular flexibility index (Phi) is 6.01. The van der Waals surface area contributed by atoms with Crippen LogP contribution in [0.1, 0.15) is 32.0 Å². The molecule has 1 aromatic carbocycles. The molecule has 0 aliphatic carbocycles. The highest BCUT2D eigenvalue weighted by molar-refractivity contribution is 7.77. The molecule has 13 heteroatoms. The van der Waals surface area contributed by atoms with Crippen LogP contribution in [-0.4, -0.2) is 61.6 Å². The number of carbonyl (C=O) groups excluding carboxylic acids is 4. The Morgan fingerprint density at radius 3 is 2.74 bits per heavy atom. The van der Waals surface area contributed by atoms with Crippen molar-refractivity contribution in [2.75, 3.05) is 13.7 Å². The molecule has 34 heavy (non-hydrogen) atoms. The Hall–Kier alpha value is -4.28. The van der Waals surface area contributed by atoms with E-state index in [9.17, 15) is 27.9 Å². The van der Waals surface area contributed by atoms with Crippen molar-refractivity contribution in [3.05, 3.63) is 58.9 Å². The van der Waals surface area contributed by atoms with Crippen molar-refractivity contribution in [1.82, 2.24) is 25.2 Å². The van der Waals surface area contributed by atoms with E-state index in [1.54, 1.807) is 22.9 Å². The van der Waals surface area contributed by atoms with Gasteiger partial charge in [0.1, 0.15) is 11.4 Å². The van der Waals surface area contributed by atoms with Crippen LogP contribution >= 0.6 is 0 Å². The summed E-state index contributed by atoms with van der Waals surface area (Å²) in [4.78, 5) is 54.4. The molecule has 2 atom stereocenters. The van der Waals surface area contributed by atoms with Gasteiger partial charge in [0.05, 0.1) is 13.7 Å². The van der Waals surface area contributed by atoms with Crippen LogP contribution in [0.5, 0.6) is 5.75 Å². The van der Waals surface area contributed by atoms with E-state index in [2.05, 4.69) is 27.5 Å². The normalized spacial score (nSPS) is 19.5. The van der Waals surface area contributed by atoms with Gasteiger partial charge >= 0.3 is 6.03 Å². The van der Waals surface area contributed by atoms with Gasteiger partial charge in [-0.15, -0.1) is 0 Å². The highest BCUT2D eigenvalue weighted by atomic mass is 32.2. The summed E-state index contributed by atoms with van der Waals surface area (Å²) in [6, 6.07) is 6.98. The predicted molar refractivity (Wildman–Crippen MR) is 115 cm³/mol. The minimum absolute atomic E-state index is 0.160. The fourth-order valence-corrected chi connectivity index (χ4v) is 3.78. The van der Waals surface area contributed by atoms with Gasteiger partial charge in [-0.2, -0.15) is 0 Å². The van der Waals surface area contributed by atoms with Gasteiger partial charge in [-0.1, -0.05) is 17.9 Å². The first kappa shape index (κ1) is 22.9. The number of pyridine rings is 1. The number of imide groups is 1. The molecule has 0 spiro atoms. The molecule has 0 bridgehead atoms. The minimum atomic E-state index is -2.78. The molecule has 0 saturated carbocycles. The zero-order chi connectivity index (χ0) is 24.5. The van der Waals surface area contributed by atoms with Gasteiger partial charge in [0.25, 0.3) is 17.7 Å². The van der Waals surface area contributed by atoms with Gasteiger partial charge in [-0.25, -0.2) is 9.78 Å². The van der Waals surface area contributed by atoms with Gasteiger partial charge in [-0.3, -0.25) is 28.6 Å². The SMILES string of the molecule is COc1ccc2c(c1)C(=O)N(CC1(C#Cc3ccc(C(=O)NS(=O)[O-])nc3)NC(=O)NC1=O)C2. The summed E-state index contributed by atoms with van der Waals surface area (Å²) >= 11 is -2.78. The zero-order valence-corrected chi connectivity index (χ0v) is 18.4. The van der Waals surface area contributed by atoms with Crippen LogP contribution in [0.4, 0.5) is 4.79 Å². The van der Waals surface area contributed by atoms with Crippen molar-refractivity contribution >= 4 is 35.0 Å². The van der Waals surface area contributed by atoms with E-state index in [-0.39, 0.29) is 30.3 Å². The molecule has 2 aliphatic heterocycles. The maximum atomic E-state index is 12.9. The Morgan fingerprint density at radius 1 is 1.32 bits per heavy atom. The quantitative estimate of drug-likeness (QED) is 0.283. The van der Waals surface area contributed by atoms with Crippen molar-refractivity contribution < 1.29 is 32.7 Å². The number of aromatic nitrogens is 1. The minimum Gasteiger partial charge on any atom is -0.755 e. The largest absolute Gasteiger partial charge is 0.755 e. The lowest BCUT2D eigenvalue weighted by Crippen LogP contribution is -2.54. The topological polar surface area (TPSA) is 170 Å². The first-order valence-electron chi connectivity index (χ1n) is 9.70. The molecule has 3 N–H and O–H groups in total. The molecule has 1 saturated heterocycles. The first-order chi connectivity index (χ1) is 16.2. The van der Waals surface area contributed by atoms with Crippen LogP contribution in [-0.2, 0) is 22.6 Å². The molecule has 174 valence electrons. The smallest absolute Gasteiger partial charge is 0.323 e. The zero-order valence-electron chi connectivity index (χ0n) is 17.5. The van der Waals surface area contributed by atoms with Crippen molar-refractivity contribution in [3.8, 4) is 17.6 Å². The van der Waals surface area contributed by atoms with Gasteiger partial charge in [0.2, 0.25) is 5.54 Å². The van der Waals surface area contributed by atoms with Crippen LogP contribution in [0, 0.1) is 11.8 Å². The van der Waals surface area contributed by atoms with Gasteiger partial charge < -0.3 is 19.5 Å². The average Bonchev–Trinajstić information content (AvgIpc) is 3.26. The number of carbonyl (C=O) groups is 4. The van der Waals surface area contributed by atoms with Crippen LogP contribution in [0.15, 0.2) is 36.5 Å². The van der Waals surface area contributed by atoms with Crippen LogP contribution in [0.2, 0.25) is 0 Å². The van der Waals surface area contributed by atoms with Gasteiger partial charge in [0.15, 0.2) is 0 Å². The maximum absolute atomic E-state index is 12.9. The number of nitrogens with one attached hydrogen (secondary N) is 3. The number of nitrogens with zero attached hydrogens (tertiary/aromatic N) is 2. The number of hydrogen-bond donors (Lipinski definition) is 3. The molecule has 12 nitrogen and oxygen atoms in total. The van der Waals surface area contributed by atoms with Gasteiger partial charge in [-0.05, 0) is 29.8 Å². The van der Waals surface area contributed by atoms with Gasteiger partial charge in [0, 0.05) is 35.1 Å². The lowest BCUT2D eigenvalue weighted by atomic mass is 9.99. The highest BCUT2D eigenvalue weighted by Gasteiger charge is 2.48. The third-order valence-corrected chi connectivity index (χ3v) is 5.51. The second-order valence-electron chi connectivity index (χ2n) is 7.35. The fraction of sp³-hybridized carbons (Fsp3) is 0.190. The molecule has 4 rings (SSSR count). The summed E-state index contributed by atoms with van der Waals surface area (Å²) in [5.74, 6) is 3.98. The summed E-state index contributed by atoms with van der Waals surface area (Å²) in [5.41, 5.74) is -0.407. The number of ether oxygens (including phenoxy) is 1. The Balaban J connectivity index is 1.58. The highest BCUT2D eigenvalue weighted by Crippen LogP contribution is 2.28. The molecule has 3 heterocycles. The second-order valence-corrected chi connectivity index (χ2v) is 8.02. The number of rotatable bonds is 5. The van der Waals surface area contributed by atoms with Crippen molar-refractivity contribution in [2.45, 2.75) is 12.1 Å². The average molecular weight is 482 g/mol. The third kappa shape index (κ3) is 4.45. The first-order valence-corrected chi connectivity index (χ1v) is 10.8. The summed E-state index contributed by atoms with van der Waals surface area (Å²) in [7, 11) is 1.49. The summed E-state index contributed by atoms with van der Waals surface area (Å²) in [5, 5.41) is 4.63. The number of urea groups is 1. The molecule has 0 radical (unpaired) electrons. The fourth-order valence-electron chi connectivity index (χ4n) is 3.52. The second kappa shape index (κ2) is 8.93. The van der Waals surface area contributed by atoms with E-state index in [1.807, 2.05) is 0 Å². The van der Waals surface area contributed by atoms with E-state index in [0.29, 0.717) is 11.3 Å². The summed E-state index contributed by atoms with van der Waals surface area (Å²) < 4.78 is 28.0. The monoisotopic (exact) mass is 482 g/mol. The molecule has 1 fully saturated rings. The molecule has 2 aromatic rings. The van der Waals surface area contributed by atoms with E-state index in [0.717, 1.165) is 5.56 Å². The third-order valence-electron chi connectivity index (χ3n) is 5.16. The van der Waals surface area contributed by atoms with Crippen molar-refractivity contribution in [2.24, 2.45) is 0 Å². The number of amides is 5. The summed E-state index contributed by atoms with van der Waals surface area (Å²) in [6.07, 6.45) is 1.21. The maximum Gasteiger partial charge on any atom is 0.323 e. The molecule has 1 aromatic heterocycles. The predicted octanol–water partition coefficient (Wildman–Crippen LogP) is -0.800. The van der Waals surface area contributed by atoms with E-state index in [1.165, 1.54) is 30.3 Å². The van der Waals surface area contributed by atoms with E-state index in [4.69, 9.17) is 4.74 Å². The molecule has 5 amide bonds. The number of hydrogen-bond acceptors (Lipinski definition) is 8. The summed E-state index contributed by atoms with van der Waals surface area (Å²) in [6.45, 7) is 0.00776. The van der Waals surface area contributed by atoms with Crippen molar-refractivity contribution in [1.29, 1.82) is 0 Å². The molecular weight excluding hydrogens is 466 g/mol. The molecular formula is C21H16N5O7S-.